The van der Waals surface area contributed by atoms with Gasteiger partial charge < -0.3 is 9.73 Å². The summed E-state index contributed by atoms with van der Waals surface area (Å²) in [6, 6.07) is 0.369. The second-order valence-electron chi connectivity index (χ2n) is 2.47. The third-order valence-corrected chi connectivity index (χ3v) is 2.35. The third kappa shape index (κ3) is 2.21. The van der Waals surface area contributed by atoms with E-state index >= 15 is 0 Å². The molecule has 74 valence electrons. The first-order valence-electron chi connectivity index (χ1n) is 3.88. The lowest BCUT2D eigenvalue weighted by molar-refractivity contribution is 0.525. The molecule has 2 heterocycles. The first-order chi connectivity index (χ1) is 6.88. The molecule has 0 fully saturated rings. The van der Waals surface area contributed by atoms with Gasteiger partial charge in [0.2, 0.25) is 5.89 Å². The average molecular weight is 231 g/mol. The van der Waals surface area contributed by atoms with Crippen molar-refractivity contribution in [1.82, 2.24) is 15.2 Å². The fraction of sp³-hybridized carbons (Fsp3) is 0.286. The van der Waals surface area contributed by atoms with E-state index in [-0.39, 0.29) is 5.88 Å². The number of halogens is 1. The molecule has 2 aromatic rings. The highest BCUT2D eigenvalue weighted by Crippen LogP contribution is 2.09. The number of aromatic nitrogens is 3. The fourth-order valence-electron chi connectivity index (χ4n) is 0.870. The quantitative estimate of drug-likeness (QED) is 0.813. The molecule has 0 bridgehead atoms. The predicted molar refractivity (Wildman–Crippen MR) is 53.3 cm³/mol. The van der Waals surface area contributed by atoms with Crippen LogP contribution in [0.5, 0.6) is 0 Å². The zero-order valence-electron chi connectivity index (χ0n) is 7.11. The van der Waals surface area contributed by atoms with Crippen LogP contribution >= 0.6 is 22.9 Å². The van der Waals surface area contributed by atoms with Gasteiger partial charge in [0, 0.05) is 5.38 Å². The highest BCUT2D eigenvalue weighted by molar-refractivity contribution is 7.07. The molecule has 0 amide bonds. The van der Waals surface area contributed by atoms with E-state index in [0.717, 1.165) is 5.69 Å². The van der Waals surface area contributed by atoms with Crippen molar-refractivity contribution in [2.45, 2.75) is 12.4 Å². The lowest BCUT2D eigenvalue weighted by Gasteiger charge is -1.95. The summed E-state index contributed by atoms with van der Waals surface area (Å²) >= 11 is 7.05. The summed E-state index contributed by atoms with van der Waals surface area (Å²) in [5, 5.41) is 12.4. The number of nitrogens with zero attached hydrogens (tertiary/aromatic N) is 3. The van der Waals surface area contributed by atoms with Crippen molar-refractivity contribution in [2.75, 3.05) is 5.32 Å². The van der Waals surface area contributed by atoms with Crippen molar-refractivity contribution in [2.24, 2.45) is 0 Å². The van der Waals surface area contributed by atoms with Crippen LogP contribution in [0.2, 0.25) is 0 Å². The molecule has 7 heteroatoms. The average Bonchev–Trinajstić information content (AvgIpc) is 2.86. The van der Waals surface area contributed by atoms with Gasteiger partial charge in [-0.15, -0.1) is 28.0 Å². The number of alkyl halides is 1. The summed E-state index contributed by atoms with van der Waals surface area (Å²) < 4.78 is 5.14. The molecule has 0 radical (unpaired) electrons. The molecule has 0 saturated heterocycles. The Hall–Kier alpha value is -1.14. The van der Waals surface area contributed by atoms with Crippen LogP contribution < -0.4 is 5.32 Å². The molecule has 0 aliphatic rings. The zero-order valence-corrected chi connectivity index (χ0v) is 8.68. The highest BCUT2D eigenvalue weighted by Gasteiger charge is 2.04. The van der Waals surface area contributed by atoms with Crippen LogP contribution in [-0.4, -0.2) is 15.2 Å². The number of thiazole rings is 1. The maximum absolute atomic E-state index is 5.51. The van der Waals surface area contributed by atoms with E-state index in [1.165, 1.54) is 0 Å². The van der Waals surface area contributed by atoms with Gasteiger partial charge in [0.25, 0.3) is 0 Å². The number of rotatable bonds is 4. The molecular weight excluding hydrogens is 224 g/mol. The summed E-state index contributed by atoms with van der Waals surface area (Å²) in [5.74, 6) is 0.637. The number of nitrogens with one attached hydrogen (secondary N) is 1. The second kappa shape index (κ2) is 4.39. The minimum Gasteiger partial charge on any atom is -0.407 e. The molecule has 0 unspecified atom stereocenters. The normalized spacial score (nSPS) is 10.4. The smallest absolute Gasteiger partial charge is 0.315 e. The van der Waals surface area contributed by atoms with Gasteiger partial charge in [-0.1, -0.05) is 5.10 Å². The molecule has 1 N–H and O–H groups in total. The zero-order chi connectivity index (χ0) is 9.80. The number of anilines is 1. The van der Waals surface area contributed by atoms with E-state index < -0.39 is 0 Å². The Bertz CT molecular complexity index is 388. The molecule has 0 spiro atoms. The second-order valence-corrected chi connectivity index (χ2v) is 3.45. The SMILES string of the molecule is ClCc1nnc(NCc2cscn2)o1. The van der Waals surface area contributed by atoms with Crippen molar-refractivity contribution < 1.29 is 4.42 Å². The topological polar surface area (TPSA) is 63.8 Å². The van der Waals surface area contributed by atoms with Crippen LogP contribution in [0.3, 0.4) is 0 Å². The molecule has 2 aromatic heterocycles. The molecular formula is C7H7ClN4OS. The minimum absolute atomic E-state index is 0.228. The van der Waals surface area contributed by atoms with Crippen LogP contribution in [0.1, 0.15) is 11.6 Å². The Kier molecular flexibility index (Phi) is 2.95. The third-order valence-electron chi connectivity index (χ3n) is 1.49. The van der Waals surface area contributed by atoms with Gasteiger partial charge >= 0.3 is 6.01 Å². The Labute approximate surface area is 89.1 Å². The van der Waals surface area contributed by atoms with Gasteiger partial charge in [-0.2, -0.15) is 0 Å². The molecule has 0 aliphatic heterocycles. The maximum atomic E-state index is 5.51. The molecule has 14 heavy (non-hydrogen) atoms. The van der Waals surface area contributed by atoms with Crippen molar-refractivity contribution in [3.8, 4) is 0 Å². The van der Waals surface area contributed by atoms with Gasteiger partial charge in [-0.3, -0.25) is 0 Å². The molecule has 0 aliphatic carbocycles. The number of hydrogen-bond acceptors (Lipinski definition) is 6. The maximum Gasteiger partial charge on any atom is 0.315 e. The monoisotopic (exact) mass is 230 g/mol. The van der Waals surface area contributed by atoms with Gasteiger partial charge in [-0.25, -0.2) is 4.98 Å². The van der Waals surface area contributed by atoms with Crippen LogP contribution in [0, 0.1) is 0 Å². The fourth-order valence-corrected chi connectivity index (χ4v) is 1.54. The van der Waals surface area contributed by atoms with Crippen LogP contribution in [0.4, 0.5) is 6.01 Å². The first kappa shape index (κ1) is 9.42. The Morgan fingerprint density at radius 1 is 1.50 bits per heavy atom. The van der Waals surface area contributed by atoms with Gasteiger partial charge in [0.15, 0.2) is 0 Å². The highest BCUT2D eigenvalue weighted by atomic mass is 35.5. The van der Waals surface area contributed by atoms with Gasteiger partial charge in [0.1, 0.15) is 5.88 Å². The van der Waals surface area contributed by atoms with E-state index in [9.17, 15) is 0 Å². The largest absolute Gasteiger partial charge is 0.407 e. The van der Waals surface area contributed by atoms with Crippen molar-refractivity contribution >= 4 is 29.0 Å². The van der Waals surface area contributed by atoms with E-state index in [0.29, 0.717) is 18.5 Å². The lowest BCUT2D eigenvalue weighted by atomic mass is 10.5. The minimum atomic E-state index is 0.228. The van der Waals surface area contributed by atoms with E-state index in [1.807, 2.05) is 5.38 Å². The van der Waals surface area contributed by atoms with E-state index in [4.69, 9.17) is 16.0 Å². The Morgan fingerprint density at radius 2 is 2.43 bits per heavy atom. The van der Waals surface area contributed by atoms with Gasteiger partial charge in [-0.05, 0) is 0 Å². The van der Waals surface area contributed by atoms with E-state index in [1.54, 1.807) is 16.8 Å². The molecule has 2 rings (SSSR count). The lowest BCUT2D eigenvalue weighted by Crippen LogP contribution is -1.99. The van der Waals surface area contributed by atoms with Gasteiger partial charge in [0.05, 0.1) is 17.7 Å². The predicted octanol–water partition coefficient (Wildman–Crippen LogP) is 1.88. The summed E-state index contributed by atoms with van der Waals surface area (Å²) in [4.78, 5) is 4.10. The van der Waals surface area contributed by atoms with E-state index in [2.05, 4.69) is 20.5 Å². The van der Waals surface area contributed by atoms with Crippen molar-refractivity contribution in [3.05, 3.63) is 22.5 Å². The van der Waals surface area contributed by atoms with Crippen LogP contribution in [0.15, 0.2) is 15.3 Å². The molecule has 5 nitrogen and oxygen atoms in total. The molecule has 0 saturated carbocycles. The van der Waals surface area contributed by atoms with Crippen LogP contribution in [0.25, 0.3) is 0 Å². The molecule has 0 aromatic carbocycles. The number of hydrogen-bond donors (Lipinski definition) is 1. The summed E-state index contributed by atoms with van der Waals surface area (Å²) in [6.07, 6.45) is 0. The molecule has 0 atom stereocenters. The Balaban J connectivity index is 1.92. The van der Waals surface area contributed by atoms with Crippen LogP contribution in [-0.2, 0) is 12.4 Å². The standard InChI is InChI=1S/C7H7ClN4OS/c8-1-6-11-12-7(13-6)9-2-5-3-14-4-10-5/h3-4H,1-2H2,(H,9,12). The summed E-state index contributed by atoms with van der Waals surface area (Å²) in [6.45, 7) is 0.577. The Morgan fingerprint density at radius 3 is 3.07 bits per heavy atom. The van der Waals surface area contributed by atoms with Crippen molar-refractivity contribution in [1.29, 1.82) is 0 Å². The van der Waals surface area contributed by atoms with Crippen molar-refractivity contribution in [3.63, 3.8) is 0 Å². The first-order valence-corrected chi connectivity index (χ1v) is 5.35. The summed E-state index contributed by atoms with van der Waals surface area (Å²) in [5.41, 5.74) is 2.72. The summed E-state index contributed by atoms with van der Waals surface area (Å²) in [7, 11) is 0.